The number of unbranched alkanes of at least 4 members (excludes halogenated alkanes) is 1. The van der Waals surface area contributed by atoms with Gasteiger partial charge in [0.25, 0.3) is 5.91 Å². The van der Waals surface area contributed by atoms with E-state index in [1.54, 1.807) is 18.2 Å². The third-order valence-electron chi connectivity index (χ3n) is 5.14. The lowest BCUT2D eigenvalue weighted by molar-refractivity contribution is -0.128. The molecule has 1 fully saturated rings. The molecule has 0 atom stereocenters. The number of hydrogen-bond donors (Lipinski definition) is 3. The zero-order valence-corrected chi connectivity index (χ0v) is 15.9. The average molecular weight is 376 g/mol. The van der Waals surface area contributed by atoms with E-state index in [-0.39, 0.29) is 11.8 Å². The highest BCUT2D eigenvalue weighted by molar-refractivity contribution is 6.31. The number of fused-ring (bicyclic) bond motifs is 1. The molecule has 1 saturated carbocycles. The maximum Gasteiger partial charge on any atom is 0.268 e. The van der Waals surface area contributed by atoms with E-state index in [2.05, 4.69) is 22.5 Å². The first-order chi connectivity index (χ1) is 12.5. The van der Waals surface area contributed by atoms with Crippen LogP contribution in [0.2, 0.25) is 5.02 Å². The van der Waals surface area contributed by atoms with Crippen molar-refractivity contribution in [1.82, 2.24) is 15.6 Å². The predicted octanol–water partition coefficient (Wildman–Crippen LogP) is 4.17. The van der Waals surface area contributed by atoms with Crippen molar-refractivity contribution in [1.29, 1.82) is 0 Å². The van der Waals surface area contributed by atoms with Crippen molar-refractivity contribution in [3.05, 3.63) is 35.0 Å². The van der Waals surface area contributed by atoms with Crippen LogP contribution in [-0.4, -0.2) is 28.9 Å². The summed E-state index contributed by atoms with van der Waals surface area (Å²) >= 11 is 6.01. The molecule has 1 heterocycles. The Balaban J connectivity index is 1.78. The number of H-pyrrole nitrogens is 1. The Kier molecular flexibility index (Phi) is 5.87. The molecule has 3 N–H and O–H groups in total. The minimum atomic E-state index is -0.808. The molecule has 2 amide bonds. The maximum atomic E-state index is 12.9. The molecule has 140 valence electrons. The zero-order chi connectivity index (χ0) is 18.6. The van der Waals surface area contributed by atoms with Crippen molar-refractivity contribution in [3.63, 3.8) is 0 Å². The zero-order valence-electron chi connectivity index (χ0n) is 15.2. The molecule has 0 spiro atoms. The number of aromatic nitrogens is 1. The summed E-state index contributed by atoms with van der Waals surface area (Å²) < 4.78 is 0. The van der Waals surface area contributed by atoms with Gasteiger partial charge in [0.2, 0.25) is 5.91 Å². The number of hydrogen-bond acceptors (Lipinski definition) is 2. The molecule has 1 aliphatic carbocycles. The van der Waals surface area contributed by atoms with Crippen LogP contribution in [0, 0.1) is 0 Å². The monoisotopic (exact) mass is 375 g/mol. The van der Waals surface area contributed by atoms with Gasteiger partial charge in [-0.25, -0.2) is 0 Å². The number of rotatable bonds is 6. The Hall–Kier alpha value is -2.01. The lowest BCUT2D eigenvalue weighted by Gasteiger charge is -2.36. The van der Waals surface area contributed by atoms with Crippen molar-refractivity contribution in [2.45, 2.75) is 57.4 Å². The molecule has 1 aliphatic rings. The summed E-state index contributed by atoms with van der Waals surface area (Å²) in [6.07, 6.45) is 6.33. The van der Waals surface area contributed by atoms with Gasteiger partial charge in [0, 0.05) is 22.5 Å². The average Bonchev–Trinajstić information content (AvgIpc) is 3.06. The number of amides is 2. The van der Waals surface area contributed by atoms with Crippen LogP contribution in [-0.2, 0) is 4.79 Å². The van der Waals surface area contributed by atoms with E-state index in [1.807, 2.05) is 6.07 Å². The molecule has 6 heteroatoms. The highest BCUT2D eigenvalue weighted by atomic mass is 35.5. The molecule has 0 radical (unpaired) electrons. The smallest absolute Gasteiger partial charge is 0.268 e. The van der Waals surface area contributed by atoms with Gasteiger partial charge < -0.3 is 15.6 Å². The molecule has 0 unspecified atom stereocenters. The Bertz CT molecular complexity index is 793. The summed E-state index contributed by atoms with van der Waals surface area (Å²) in [6, 6.07) is 7.26. The van der Waals surface area contributed by atoms with Gasteiger partial charge in [-0.1, -0.05) is 50.3 Å². The third kappa shape index (κ3) is 4.04. The highest BCUT2D eigenvalue weighted by Crippen LogP contribution is 2.29. The van der Waals surface area contributed by atoms with Gasteiger partial charge >= 0.3 is 0 Å². The van der Waals surface area contributed by atoms with Crippen molar-refractivity contribution in [3.8, 4) is 0 Å². The molecule has 5 nitrogen and oxygen atoms in total. The molecule has 3 rings (SSSR count). The van der Waals surface area contributed by atoms with Gasteiger partial charge in [-0.15, -0.1) is 0 Å². The second-order valence-corrected chi connectivity index (χ2v) is 7.56. The molecule has 0 aliphatic heterocycles. The third-order valence-corrected chi connectivity index (χ3v) is 5.37. The highest BCUT2D eigenvalue weighted by Gasteiger charge is 2.41. The number of carbonyl (C=O) groups excluding carboxylic acids is 2. The van der Waals surface area contributed by atoms with E-state index >= 15 is 0 Å². The fraction of sp³-hybridized carbons (Fsp3) is 0.500. The lowest BCUT2D eigenvalue weighted by atomic mass is 9.80. The molecule has 0 saturated heterocycles. The van der Waals surface area contributed by atoms with Gasteiger partial charge in [0.05, 0.1) is 0 Å². The second kappa shape index (κ2) is 8.12. The van der Waals surface area contributed by atoms with Crippen molar-refractivity contribution in [2.75, 3.05) is 6.54 Å². The SMILES string of the molecule is CCCCNC(=O)C1(NC(=O)c2cc3ccc(Cl)cc3[nH]2)CCCCC1. The minimum Gasteiger partial charge on any atom is -0.354 e. The lowest BCUT2D eigenvalue weighted by Crippen LogP contribution is -2.59. The molecular formula is C20H26ClN3O2. The first kappa shape index (κ1) is 18.8. The minimum absolute atomic E-state index is 0.0573. The Labute approximate surface area is 158 Å². The molecule has 1 aromatic carbocycles. The summed E-state index contributed by atoms with van der Waals surface area (Å²) in [5.41, 5.74) is 0.458. The molecule has 1 aromatic heterocycles. The van der Waals surface area contributed by atoms with E-state index in [9.17, 15) is 9.59 Å². The number of benzene rings is 1. The summed E-state index contributed by atoms with van der Waals surface area (Å²) in [6.45, 7) is 2.74. The summed E-state index contributed by atoms with van der Waals surface area (Å²) in [7, 11) is 0. The topological polar surface area (TPSA) is 74.0 Å². The van der Waals surface area contributed by atoms with Crippen LogP contribution in [0.1, 0.15) is 62.4 Å². The van der Waals surface area contributed by atoms with Crippen molar-refractivity contribution in [2.24, 2.45) is 0 Å². The van der Waals surface area contributed by atoms with Gasteiger partial charge in [0.15, 0.2) is 0 Å². The summed E-state index contributed by atoms with van der Waals surface area (Å²) in [5.74, 6) is -0.303. The van der Waals surface area contributed by atoms with Crippen LogP contribution in [0.15, 0.2) is 24.3 Å². The Morgan fingerprint density at radius 3 is 2.69 bits per heavy atom. The number of aromatic amines is 1. The molecule has 0 bridgehead atoms. The maximum absolute atomic E-state index is 12.9. The summed E-state index contributed by atoms with van der Waals surface area (Å²) in [4.78, 5) is 28.8. The largest absolute Gasteiger partial charge is 0.354 e. The quantitative estimate of drug-likeness (QED) is 0.663. The standard InChI is InChI=1S/C20H26ClN3O2/c1-2-3-11-22-19(26)20(9-5-4-6-10-20)24-18(25)17-12-14-7-8-15(21)13-16(14)23-17/h7-8,12-13,23H,2-6,9-11H2,1H3,(H,22,26)(H,24,25). The molecule has 2 aromatic rings. The number of nitrogens with one attached hydrogen (secondary N) is 3. The van der Waals surface area contributed by atoms with Gasteiger partial charge in [0.1, 0.15) is 11.2 Å². The van der Waals surface area contributed by atoms with Crippen LogP contribution >= 0.6 is 11.6 Å². The normalized spacial score (nSPS) is 16.4. The number of carbonyl (C=O) groups is 2. The molecular weight excluding hydrogens is 350 g/mol. The molecule has 26 heavy (non-hydrogen) atoms. The van der Waals surface area contributed by atoms with E-state index < -0.39 is 5.54 Å². The van der Waals surface area contributed by atoms with Crippen LogP contribution < -0.4 is 10.6 Å². The first-order valence-electron chi connectivity index (χ1n) is 9.43. The van der Waals surface area contributed by atoms with E-state index in [0.29, 0.717) is 30.1 Å². The summed E-state index contributed by atoms with van der Waals surface area (Å²) in [5, 5.41) is 7.58. The van der Waals surface area contributed by atoms with Crippen LogP contribution in [0.5, 0.6) is 0 Å². The first-order valence-corrected chi connectivity index (χ1v) is 9.81. The fourth-order valence-electron chi connectivity index (χ4n) is 3.62. The van der Waals surface area contributed by atoms with Gasteiger partial charge in [-0.3, -0.25) is 9.59 Å². The van der Waals surface area contributed by atoms with Crippen LogP contribution in [0.3, 0.4) is 0 Å². The fourth-order valence-corrected chi connectivity index (χ4v) is 3.79. The van der Waals surface area contributed by atoms with Gasteiger partial charge in [-0.05, 0) is 37.5 Å². The second-order valence-electron chi connectivity index (χ2n) is 7.12. The van der Waals surface area contributed by atoms with Crippen molar-refractivity contribution >= 4 is 34.3 Å². The van der Waals surface area contributed by atoms with Crippen molar-refractivity contribution < 1.29 is 9.59 Å². The van der Waals surface area contributed by atoms with Crippen LogP contribution in [0.4, 0.5) is 0 Å². The number of halogens is 1. The van der Waals surface area contributed by atoms with E-state index in [1.165, 1.54) is 0 Å². The van der Waals surface area contributed by atoms with Crippen LogP contribution in [0.25, 0.3) is 10.9 Å². The Morgan fingerprint density at radius 2 is 1.96 bits per heavy atom. The Morgan fingerprint density at radius 1 is 1.19 bits per heavy atom. The van der Waals surface area contributed by atoms with Gasteiger partial charge in [-0.2, -0.15) is 0 Å². The van der Waals surface area contributed by atoms with E-state index in [4.69, 9.17) is 11.6 Å². The predicted molar refractivity (Wildman–Crippen MR) is 105 cm³/mol. The van der Waals surface area contributed by atoms with E-state index in [0.717, 1.165) is 43.0 Å².